The zero-order valence-electron chi connectivity index (χ0n) is 20.8. The molecular weight excluding hydrogens is 538 g/mol. The van der Waals surface area contributed by atoms with Crippen LogP contribution in [0.2, 0.25) is 0 Å². The van der Waals surface area contributed by atoms with Crippen molar-refractivity contribution < 1.29 is 36.6 Å². The van der Waals surface area contributed by atoms with Crippen molar-refractivity contribution >= 4 is 28.6 Å². The third kappa shape index (κ3) is 6.17. The number of carbonyl (C=O) groups excluding carboxylic acids is 2. The summed E-state index contributed by atoms with van der Waals surface area (Å²) < 4.78 is 67.4. The maximum Gasteiger partial charge on any atom is 0.281 e. The van der Waals surface area contributed by atoms with E-state index in [1.165, 1.54) is 31.4 Å². The molecule has 204 valence electrons. The first-order valence-corrected chi connectivity index (χ1v) is 12.7. The number of thioether (sulfide) groups is 1. The summed E-state index contributed by atoms with van der Waals surface area (Å²) in [6, 6.07) is 10.8. The summed E-state index contributed by atoms with van der Waals surface area (Å²) in [5.74, 6) is -5.64. The maximum atomic E-state index is 14.6. The lowest BCUT2D eigenvalue weighted by molar-refractivity contribution is -0.123. The number of rotatable bonds is 9. The number of amides is 2. The molecule has 1 N–H and O–H groups in total. The van der Waals surface area contributed by atoms with Crippen LogP contribution in [0.15, 0.2) is 59.7 Å². The smallest absolute Gasteiger partial charge is 0.281 e. The summed E-state index contributed by atoms with van der Waals surface area (Å²) in [5.41, 5.74) is -0.211. The normalized spacial score (nSPS) is 14.7. The third-order valence-electron chi connectivity index (χ3n) is 5.57. The number of methoxy groups -OCH3 is 1. The molecule has 12 heteroatoms. The topological polar surface area (TPSA) is 80.2 Å². The molecule has 0 fully saturated rings. The van der Waals surface area contributed by atoms with E-state index in [-0.39, 0.29) is 29.1 Å². The highest BCUT2D eigenvalue weighted by molar-refractivity contribution is 8.14. The SMILES string of the molecule is CCCNC(=O)COc1cccc(C2SC(c3ccc(F)cc3)=NN2C(=O)c2c(F)cc(F)cc2F)c1OC. The maximum absolute atomic E-state index is 14.6. The minimum atomic E-state index is -1.39. The van der Waals surface area contributed by atoms with E-state index < -0.39 is 40.1 Å². The summed E-state index contributed by atoms with van der Waals surface area (Å²) >= 11 is 1.04. The Hall–Kier alpha value is -4.06. The van der Waals surface area contributed by atoms with Gasteiger partial charge in [0.15, 0.2) is 18.1 Å². The van der Waals surface area contributed by atoms with Gasteiger partial charge < -0.3 is 14.8 Å². The van der Waals surface area contributed by atoms with Gasteiger partial charge in [0.2, 0.25) is 0 Å². The van der Waals surface area contributed by atoms with Gasteiger partial charge in [-0.25, -0.2) is 22.6 Å². The standard InChI is InChI=1S/C27H23F4N3O4S/c1-3-11-32-22(35)14-38-21-6-4-5-18(24(21)37-2)27-34(26(36)23-19(30)12-17(29)13-20(23)31)33-25(39-27)15-7-9-16(28)10-8-15/h4-10,12-13,27H,3,11,14H2,1-2H3,(H,32,35). The Bertz CT molecular complexity index is 1400. The zero-order valence-corrected chi connectivity index (χ0v) is 21.7. The van der Waals surface area contributed by atoms with E-state index in [4.69, 9.17) is 9.47 Å². The average molecular weight is 562 g/mol. The van der Waals surface area contributed by atoms with Crippen LogP contribution in [-0.2, 0) is 4.79 Å². The molecule has 39 heavy (non-hydrogen) atoms. The van der Waals surface area contributed by atoms with Crippen LogP contribution in [0.25, 0.3) is 0 Å². The van der Waals surface area contributed by atoms with E-state index in [9.17, 15) is 27.2 Å². The number of nitrogens with one attached hydrogen (secondary N) is 1. The summed E-state index contributed by atoms with van der Waals surface area (Å²) in [5, 5.41) is 7.06. The van der Waals surface area contributed by atoms with Gasteiger partial charge >= 0.3 is 0 Å². The van der Waals surface area contributed by atoms with Gasteiger partial charge in [0, 0.05) is 29.8 Å². The first-order chi connectivity index (χ1) is 18.7. The van der Waals surface area contributed by atoms with Gasteiger partial charge in [-0.2, -0.15) is 5.10 Å². The van der Waals surface area contributed by atoms with Crippen molar-refractivity contribution in [2.45, 2.75) is 18.7 Å². The van der Waals surface area contributed by atoms with Gasteiger partial charge in [0.05, 0.1) is 7.11 Å². The average Bonchev–Trinajstić information content (AvgIpc) is 3.35. The number of para-hydroxylation sites is 1. The van der Waals surface area contributed by atoms with Gasteiger partial charge in [-0.1, -0.05) is 30.8 Å². The van der Waals surface area contributed by atoms with Crippen molar-refractivity contribution in [3.8, 4) is 11.5 Å². The fourth-order valence-electron chi connectivity index (χ4n) is 3.77. The molecule has 4 rings (SSSR count). The molecule has 0 aliphatic carbocycles. The van der Waals surface area contributed by atoms with Gasteiger partial charge in [0.25, 0.3) is 11.8 Å². The van der Waals surface area contributed by atoms with E-state index >= 15 is 0 Å². The van der Waals surface area contributed by atoms with Crippen LogP contribution in [0.5, 0.6) is 11.5 Å². The highest BCUT2D eigenvalue weighted by atomic mass is 32.2. The molecule has 1 heterocycles. The molecule has 0 radical (unpaired) electrons. The molecule has 0 saturated heterocycles. The highest BCUT2D eigenvalue weighted by Crippen LogP contribution is 2.47. The van der Waals surface area contributed by atoms with Gasteiger partial charge in [-0.05, 0) is 36.8 Å². The highest BCUT2D eigenvalue weighted by Gasteiger charge is 2.39. The van der Waals surface area contributed by atoms with Crippen LogP contribution >= 0.6 is 11.8 Å². The summed E-state index contributed by atoms with van der Waals surface area (Å²) in [4.78, 5) is 25.5. The van der Waals surface area contributed by atoms with Crippen molar-refractivity contribution in [1.29, 1.82) is 0 Å². The van der Waals surface area contributed by atoms with Crippen molar-refractivity contribution in [2.24, 2.45) is 5.10 Å². The van der Waals surface area contributed by atoms with Crippen LogP contribution in [0, 0.1) is 23.3 Å². The second-order valence-electron chi connectivity index (χ2n) is 8.29. The van der Waals surface area contributed by atoms with Crippen molar-refractivity contribution in [3.05, 3.63) is 94.6 Å². The van der Waals surface area contributed by atoms with Crippen molar-refractivity contribution in [2.75, 3.05) is 20.3 Å². The van der Waals surface area contributed by atoms with E-state index in [2.05, 4.69) is 10.4 Å². The quantitative estimate of drug-likeness (QED) is 0.354. The number of hydrogen-bond donors (Lipinski definition) is 1. The number of ether oxygens (including phenoxy) is 2. The van der Waals surface area contributed by atoms with E-state index in [0.29, 0.717) is 29.8 Å². The molecular formula is C27H23F4N3O4S. The lowest BCUT2D eigenvalue weighted by Gasteiger charge is -2.24. The predicted molar refractivity (Wildman–Crippen MR) is 138 cm³/mol. The Balaban J connectivity index is 1.74. The lowest BCUT2D eigenvalue weighted by Crippen LogP contribution is -2.29. The first-order valence-electron chi connectivity index (χ1n) is 11.8. The molecule has 3 aromatic rings. The Morgan fingerprint density at radius 1 is 1.03 bits per heavy atom. The minimum absolute atomic E-state index is 0.159. The first kappa shape index (κ1) is 28.0. The number of hydrazone groups is 1. The largest absolute Gasteiger partial charge is 0.492 e. The summed E-state index contributed by atoms with van der Waals surface area (Å²) in [6.07, 6.45) is 0.749. The number of benzene rings is 3. The summed E-state index contributed by atoms with van der Waals surface area (Å²) in [6.45, 7) is 2.09. The third-order valence-corrected chi connectivity index (χ3v) is 6.79. The lowest BCUT2D eigenvalue weighted by atomic mass is 10.1. The van der Waals surface area contributed by atoms with Crippen LogP contribution in [-0.4, -0.2) is 42.1 Å². The predicted octanol–water partition coefficient (Wildman–Crippen LogP) is 5.41. The van der Waals surface area contributed by atoms with Gasteiger partial charge in [-0.15, -0.1) is 0 Å². The molecule has 1 aliphatic rings. The van der Waals surface area contributed by atoms with Crippen molar-refractivity contribution in [3.63, 3.8) is 0 Å². The number of hydrogen-bond acceptors (Lipinski definition) is 6. The molecule has 0 bridgehead atoms. The van der Waals surface area contributed by atoms with E-state index in [0.717, 1.165) is 23.2 Å². The Labute approximate surface area is 225 Å². The van der Waals surface area contributed by atoms with Crippen LogP contribution in [0.4, 0.5) is 17.6 Å². The molecule has 0 aromatic heterocycles. The number of nitrogens with zero attached hydrogens (tertiary/aromatic N) is 2. The Kier molecular flexibility index (Phi) is 8.75. The summed E-state index contributed by atoms with van der Waals surface area (Å²) in [7, 11) is 1.36. The van der Waals surface area contributed by atoms with E-state index in [1.54, 1.807) is 18.2 Å². The van der Waals surface area contributed by atoms with Crippen LogP contribution in [0.1, 0.15) is 40.2 Å². The van der Waals surface area contributed by atoms with Gasteiger partial charge in [0.1, 0.15) is 39.2 Å². The van der Waals surface area contributed by atoms with Crippen LogP contribution < -0.4 is 14.8 Å². The molecule has 1 aliphatic heterocycles. The Morgan fingerprint density at radius 3 is 2.36 bits per heavy atom. The van der Waals surface area contributed by atoms with E-state index in [1.807, 2.05) is 6.92 Å². The molecule has 7 nitrogen and oxygen atoms in total. The monoisotopic (exact) mass is 561 g/mol. The minimum Gasteiger partial charge on any atom is -0.492 e. The van der Waals surface area contributed by atoms with Gasteiger partial charge in [-0.3, -0.25) is 9.59 Å². The number of halogens is 4. The molecule has 1 unspecified atom stereocenters. The fraction of sp³-hybridized carbons (Fsp3) is 0.222. The molecule has 2 amide bonds. The second kappa shape index (κ2) is 12.2. The molecule has 3 aromatic carbocycles. The van der Waals surface area contributed by atoms with Crippen LogP contribution in [0.3, 0.4) is 0 Å². The molecule has 1 atom stereocenters. The van der Waals surface area contributed by atoms with Crippen molar-refractivity contribution in [1.82, 2.24) is 10.3 Å². The number of carbonyl (C=O) groups is 2. The molecule has 0 spiro atoms. The second-order valence-corrected chi connectivity index (χ2v) is 9.36. The Morgan fingerprint density at radius 2 is 1.72 bits per heavy atom. The zero-order chi connectivity index (χ0) is 28.1. The fourth-order valence-corrected chi connectivity index (χ4v) is 4.95. The molecule has 0 saturated carbocycles.